The molecule has 4 rings (SSSR count). The molecule has 2 bridgehead atoms. The monoisotopic (exact) mass is 342 g/mol. The number of carbonyl (C=O) groups is 1. The highest BCUT2D eigenvalue weighted by Crippen LogP contribution is 2.31. The van der Waals surface area contributed by atoms with Crippen LogP contribution in [0.1, 0.15) is 24.2 Å². The quantitative estimate of drug-likeness (QED) is 0.855. The second-order valence-corrected chi connectivity index (χ2v) is 7.18. The molecular formula is C19H23FN4O. The fourth-order valence-electron chi connectivity index (χ4n) is 4.04. The summed E-state index contributed by atoms with van der Waals surface area (Å²) >= 11 is 0. The number of carbonyl (C=O) groups excluding carboxylic acids is 1. The average Bonchev–Trinajstić information content (AvgIpc) is 2.99. The number of aryl methyl sites for hydroxylation is 1. The van der Waals surface area contributed by atoms with E-state index in [2.05, 4.69) is 9.88 Å². The minimum absolute atomic E-state index is 0.0854. The molecule has 132 valence electrons. The summed E-state index contributed by atoms with van der Waals surface area (Å²) in [5, 5.41) is 0. The number of likely N-dealkylation sites (tertiary alicyclic amines) is 2. The number of imidazole rings is 1. The Bertz CT molecular complexity index is 774. The number of amides is 1. The van der Waals surface area contributed by atoms with Gasteiger partial charge in [0.15, 0.2) is 0 Å². The van der Waals surface area contributed by atoms with Crippen LogP contribution in [0.5, 0.6) is 0 Å². The Hall–Kier alpha value is -2.21. The Labute approximate surface area is 147 Å². The van der Waals surface area contributed by atoms with E-state index < -0.39 is 0 Å². The molecule has 0 unspecified atom stereocenters. The van der Waals surface area contributed by atoms with Crippen molar-refractivity contribution in [3.8, 4) is 0 Å². The maximum absolute atomic E-state index is 13.4. The van der Waals surface area contributed by atoms with E-state index in [0.717, 1.165) is 37.3 Å². The minimum atomic E-state index is -0.251. The van der Waals surface area contributed by atoms with E-state index in [0.29, 0.717) is 19.0 Å². The van der Waals surface area contributed by atoms with Gasteiger partial charge in [0.2, 0.25) is 5.91 Å². The van der Waals surface area contributed by atoms with Gasteiger partial charge in [-0.25, -0.2) is 9.37 Å². The fraction of sp³-hybridized carbons (Fsp3) is 0.474. The Morgan fingerprint density at radius 1 is 1.32 bits per heavy atom. The van der Waals surface area contributed by atoms with Gasteiger partial charge in [0.05, 0.1) is 12.6 Å². The third-order valence-electron chi connectivity index (χ3n) is 5.43. The van der Waals surface area contributed by atoms with Crippen molar-refractivity contribution in [2.45, 2.75) is 32.0 Å². The average molecular weight is 342 g/mol. The number of halogens is 1. The van der Waals surface area contributed by atoms with Crippen LogP contribution >= 0.6 is 0 Å². The van der Waals surface area contributed by atoms with E-state index in [9.17, 15) is 9.18 Å². The van der Waals surface area contributed by atoms with Crippen LogP contribution in [0.25, 0.3) is 0 Å². The molecule has 1 amide bonds. The number of nitrogens with zero attached hydrogens (tertiary/aromatic N) is 4. The summed E-state index contributed by atoms with van der Waals surface area (Å²) in [5.41, 5.74) is 0.851. The van der Waals surface area contributed by atoms with E-state index >= 15 is 0 Å². The molecule has 25 heavy (non-hydrogen) atoms. The molecular weight excluding hydrogens is 319 g/mol. The number of rotatable bonds is 4. The Balaban J connectivity index is 1.50. The summed E-state index contributed by atoms with van der Waals surface area (Å²) in [7, 11) is 1.98. The third-order valence-corrected chi connectivity index (χ3v) is 5.43. The first-order valence-corrected chi connectivity index (χ1v) is 8.83. The highest BCUT2D eigenvalue weighted by Gasteiger charge is 2.41. The van der Waals surface area contributed by atoms with E-state index in [4.69, 9.17) is 0 Å². The van der Waals surface area contributed by atoms with Crippen molar-refractivity contribution in [3.63, 3.8) is 0 Å². The van der Waals surface area contributed by atoms with Crippen molar-refractivity contribution in [1.82, 2.24) is 19.4 Å². The molecule has 2 aromatic rings. The molecule has 3 heterocycles. The molecule has 0 N–H and O–H groups in total. The maximum atomic E-state index is 13.4. The van der Waals surface area contributed by atoms with E-state index in [1.54, 1.807) is 12.3 Å². The molecule has 0 spiro atoms. The molecule has 2 aliphatic heterocycles. The fourth-order valence-corrected chi connectivity index (χ4v) is 4.04. The smallest absolute Gasteiger partial charge is 0.240 e. The molecule has 0 radical (unpaired) electrons. The highest BCUT2D eigenvalue weighted by atomic mass is 19.1. The van der Waals surface area contributed by atoms with Crippen LogP contribution in [0.15, 0.2) is 36.7 Å². The lowest BCUT2D eigenvalue weighted by molar-refractivity contribution is -0.146. The molecule has 0 aliphatic carbocycles. The molecule has 5 nitrogen and oxygen atoms in total. The summed E-state index contributed by atoms with van der Waals surface area (Å²) in [5.74, 6) is 1.43. The molecule has 2 aliphatic rings. The summed E-state index contributed by atoms with van der Waals surface area (Å²) in [6, 6.07) is 6.45. The summed E-state index contributed by atoms with van der Waals surface area (Å²) < 4.78 is 15.4. The van der Waals surface area contributed by atoms with Gasteiger partial charge in [-0.15, -0.1) is 0 Å². The van der Waals surface area contributed by atoms with Gasteiger partial charge >= 0.3 is 0 Å². The van der Waals surface area contributed by atoms with Gasteiger partial charge in [-0.1, -0.05) is 12.1 Å². The van der Waals surface area contributed by atoms with Gasteiger partial charge in [-0.05, 0) is 43.0 Å². The van der Waals surface area contributed by atoms with Gasteiger partial charge in [0, 0.05) is 32.5 Å². The molecule has 6 heteroatoms. The van der Waals surface area contributed by atoms with Crippen molar-refractivity contribution in [3.05, 3.63) is 53.9 Å². The predicted molar refractivity (Wildman–Crippen MR) is 91.9 cm³/mol. The van der Waals surface area contributed by atoms with Crippen LogP contribution < -0.4 is 0 Å². The Morgan fingerprint density at radius 3 is 2.96 bits per heavy atom. The normalized spacial score (nSPS) is 23.9. The van der Waals surface area contributed by atoms with Crippen molar-refractivity contribution in [2.75, 3.05) is 13.1 Å². The molecule has 1 aromatic heterocycles. The lowest BCUT2D eigenvalue weighted by atomic mass is 9.85. The Kier molecular flexibility index (Phi) is 4.29. The van der Waals surface area contributed by atoms with Gasteiger partial charge in [0.1, 0.15) is 11.6 Å². The van der Waals surface area contributed by atoms with Gasteiger partial charge in [-0.2, -0.15) is 0 Å². The van der Waals surface area contributed by atoms with Crippen LogP contribution in [0, 0.1) is 11.7 Å². The van der Waals surface area contributed by atoms with Crippen molar-refractivity contribution in [1.29, 1.82) is 0 Å². The number of hydrogen-bond acceptors (Lipinski definition) is 3. The molecule has 2 fully saturated rings. The first-order valence-electron chi connectivity index (χ1n) is 8.83. The van der Waals surface area contributed by atoms with E-state index in [1.165, 1.54) is 12.1 Å². The summed E-state index contributed by atoms with van der Waals surface area (Å²) in [4.78, 5) is 21.6. The van der Waals surface area contributed by atoms with Gasteiger partial charge < -0.3 is 9.47 Å². The molecule has 2 saturated heterocycles. The van der Waals surface area contributed by atoms with Crippen LogP contribution in [0.2, 0.25) is 0 Å². The van der Waals surface area contributed by atoms with Gasteiger partial charge in [-0.3, -0.25) is 9.69 Å². The summed E-state index contributed by atoms with van der Waals surface area (Å²) in [6.45, 7) is 2.89. The standard InChI is InChI=1S/C19H23FN4O/c1-22-8-6-21-18(22)13-23-7-5-15-10-17(23)19(25)24(12-15)11-14-3-2-4-16(20)9-14/h2-4,6,8-9,15,17H,5,7,10-13H2,1H3/t15-,17+/m0/s1. The van der Waals surface area contributed by atoms with Crippen LogP contribution in [-0.4, -0.2) is 44.4 Å². The van der Waals surface area contributed by atoms with Crippen LogP contribution in [0.3, 0.4) is 0 Å². The Morgan fingerprint density at radius 2 is 2.20 bits per heavy atom. The molecule has 1 aromatic carbocycles. The van der Waals surface area contributed by atoms with E-state index in [-0.39, 0.29) is 17.8 Å². The highest BCUT2D eigenvalue weighted by molar-refractivity contribution is 5.83. The second kappa shape index (κ2) is 6.59. The number of aromatic nitrogens is 2. The zero-order valence-corrected chi connectivity index (χ0v) is 14.4. The molecule has 0 saturated carbocycles. The third kappa shape index (κ3) is 3.31. The second-order valence-electron chi connectivity index (χ2n) is 7.18. The lowest BCUT2D eigenvalue weighted by Gasteiger charge is -2.46. The molecule has 2 atom stereocenters. The number of hydrogen-bond donors (Lipinski definition) is 0. The SMILES string of the molecule is Cn1ccnc1CN1CC[C@H]2C[C@@H]1C(=O)N(Cc1cccc(F)c1)C2. The maximum Gasteiger partial charge on any atom is 0.240 e. The van der Waals surface area contributed by atoms with Gasteiger partial charge in [0.25, 0.3) is 0 Å². The largest absolute Gasteiger partial charge is 0.337 e. The first kappa shape index (κ1) is 16.3. The lowest BCUT2D eigenvalue weighted by Crippen LogP contribution is -2.58. The van der Waals surface area contributed by atoms with E-state index in [1.807, 2.05) is 28.8 Å². The zero-order chi connectivity index (χ0) is 17.4. The number of fused-ring (bicyclic) bond motifs is 2. The summed E-state index contributed by atoms with van der Waals surface area (Å²) in [6.07, 6.45) is 5.73. The van der Waals surface area contributed by atoms with Crippen molar-refractivity contribution in [2.24, 2.45) is 13.0 Å². The van der Waals surface area contributed by atoms with Crippen molar-refractivity contribution < 1.29 is 9.18 Å². The van der Waals surface area contributed by atoms with Crippen molar-refractivity contribution >= 4 is 5.91 Å². The van der Waals surface area contributed by atoms with Crippen LogP contribution in [0.4, 0.5) is 4.39 Å². The number of piperidine rings is 2. The van der Waals surface area contributed by atoms with Crippen LogP contribution in [-0.2, 0) is 24.9 Å². The topological polar surface area (TPSA) is 41.4 Å². The predicted octanol–water partition coefficient (Wildman–Crippen LogP) is 2.18. The zero-order valence-electron chi connectivity index (χ0n) is 14.4. The first-order chi connectivity index (χ1) is 12.1. The minimum Gasteiger partial charge on any atom is -0.337 e. The number of benzene rings is 1.